The summed E-state index contributed by atoms with van der Waals surface area (Å²) in [4.78, 5) is 18.5. The maximum absolute atomic E-state index is 11.5. The van der Waals surface area contributed by atoms with Crippen molar-refractivity contribution in [3.63, 3.8) is 0 Å². The van der Waals surface area contributed by atoms with Crippen molar-refractivity contribution in [1.82, 2.24) is 9.88 Å². The lowest BCUT2D eigenvalue weighted by Gasteiger charge is -2.31. The van der Waals surface area contributed by atoms with E-state index in [2.05, 4.69) is 41.1 Å². The van der Waals surface area contributed by atoms with Crippen LogP contribution in [0.4, 0.5) is 0 Å². The van der Waals surface area contributed by atoms with Crippen molar-refractivity contribution >= 4 is 16.7 Å². The van der Waals surface area contributed by atoms with Crippen LogP contribution in [0.15, 0.2) is 30.3 Å². The third-order valence-corrected chi connectivity index (χ3v) is 4.49. The maximum Gasteiger partial charge on any atom is 0.133 e. The number of pyridine rings is 1. The van der Waals surface area contributed by atoms with Gasteiger partial charge in [0, 0.05) is 23.5 Å². The molecule has 3 nitrogen and oxygen atoms in total. The molecule has 1 aliphatic heterocycles. The highest BCUT2D eigenvalue weighted by atomic mass is 16.1. The first kappa shape index (κ1) is 14.2. The van der Waals surface area contributed by atoms with E-state index in [9.17, 15) is 4.79 Å². The molecule has 110 valence electrons. The number of piperidine rings is 1. The molecule has 0 radical (unpaired) electrons. The molecule has 3 heteroatoms. The van der Waals surface area contributed by atoms with Crippen molar-refractivity contribution in [1.29, 1.82) is 0 Å². The standard InChI is InChI=1S/C18H22N2O/c1-13-11-16(17-5-3-4-6-18(17)19-13)12-20-9-7-15(8-10-20)14(2)21/h3-6,11,15H,7-10,12H2,1-2H3. The summed E-state index contributed by atoms with van der Waals surface area (Å²) in [6.45, 7) is 6.76. The minimum absolute atomic E-state index is 0.275. The number of rotatable bonds is 3. The highest BCUT2D eigenvalue weighted by Crippen LogP contribution is 2.23. The maximum atomic E-state index is 11.5. The second kappa shape index (κ2) is 5.94. The molecule has 0 bridgehead atoms. The quantitative estimate of drug-likeness (QED) is 0.865. The molecule has 2 heterocycles. The van der Waals surface area contributed by atoms with E-state index >= 15 is 0 Å². The molecular weight excluding hydrogens is 260 g/mol. The molecule has 1 fully saturated rings. The SMILES string of the molecule is CC(=O)C1CCN(Cc2cc(C)nc3ccccc23)CC1. The Morgan fingerprint density at radius 1 is 1.29 bits per heavy atom. The van der Waals surface area contributed by atoms with Crippen molar-refractivity contribution in [2.45, 2.75) is 33.2 Å². The van der Waals surface area contributed by atoms with Gasteiger partial charge in [0.05, 0.1) is 5.52 Å². The molecule has 1 aromatic carbocycles. The lowest BCUT2D eigenvalue weighted by molar-refractivity contribution is -0.122. The van der Waals surface area contributed by atoms with Crippen LogP contribution in [0.3, 0.4) is 0 Å². The highest BCUT2D eigenvalue weighted by molar-refractivity contribution is 5.82. The Bertz CT molecular complexity index is 657. The first-order valence-corrected chi connectivity index (χ1v) is 7.71. The fourth-order valence-electron chi connectivity index (χ4n) is 3.26. The Balaban J connectivity index is 1.78. The van der Waals surface area contributed by atoms with Crippen molar-refractivity contribution in [2.75, 3.05) is 13.1 Å². The summed E-state index contributed by atoms with van der Waals surface area (Å²) in [5.41, 5.74) is 3.49. The van der Waals surface area contributed by atoms with E-state index in [4.69, 9.17) is 0 Å². The number of benzene rings is 1. The fraction of sp³-hybridized carbons (Fsp3) is 0.444. The van der Waals surface area contributed by atoms with Gasteiger partial charge in [0.1, 0.15) is 5.78 Å². The molecular formula is C18H22N2O. The van der Waals surface area contributed by atoms with Gasteiger partial charge in [0.15, 0.2) is 0 Å². The number of aryl methyl sites for hydroxylation is 1. The van der Waals surface area contributed by atoms with Gasteiger partial charge in [0.2, 0.25) is 0 Å². The Kier molecular flexibility index (Phi) is 4.02. The zero-order chi connectivity index (χ0) is 14.8. The summed E-state index contributed by atoms with van der Waals surface area (Å²) in [6.07, 6.45) is 1.99. The molecule has 0 aliphatic carbocycles. The van der Waals surface area contributed by atoms with Crippen molar-refractivity contribution in [2.24, 2.45) is 5.92 Å². The molecule has 21 heavy (non-hydrogen) atoms. The summed E-state index contributed by atoms with van der Waals surface area (Å²) >= 11 is 0. The Morgan fingerprint density at radius 3 is 2.71 bits per heavy atom. The van der Waals surface area contributed by atoms with Gasteiger partial charge in [-0.1, -0.05) is 18.2 Å². The number of carbonyl (C=O) groups is 1. The molecule has 0 amide bonds. The van der Waals surface area contributed by atoms with Crippen molar-refractivity contribution in [3.05, 3.63) is 41.6 Å². The first-order chi connectivity index (χ1) is 10.1. The molecule has 1 aliphatic rings. The number of Topliss-reactive ketones (excluding diaryl/α,β-unsaturated/α-hetero) is 1. The molecule has 0 saturated carbocycles. The van der Waals surface area contributed by atoms with Crippen LogP contribution < -0.4 is 0 Å². The zero-order valence-electron chi connectivity index (χ0n) is 12.8. The lowest BCUT2D eigenvalue weighted by Crippen LogP contribution is -2.35. The van der Waals surface area contributed by atoms with E-state index in [0.29, 0.717) is 5.78 Å². The van der Waals surface area contributed by atoms with Gasteiger partial charge in [-0.25, -0.2) is 0 Å². The molecule has 0 N–H and O–H groups in total. The number of carbonyl (C=O) groups excluding carboxylic acids is 1. The van der Waals surface area contributed by atoms with E-state index in [-0.39, 0.29) is 5.92 Å². The lowest BCUT2D eigenvalue weighted by atomic mass is 9.93. The topological polar surface area (TPSA) is 33.2 Å². The average Bonchev–Trinajstić information content (AvgIpc) is 2.47. The number of likely N-dealkylation sites (tertiary alicyclic amines) is 1. The van der Waals surface area contributed by atoms with Crippen LogP contribution in [0, 0.1) is 12.8 Å². The van der Waals surface area contributed by atoms with Gasteiger partial charge in [0.25, 0.3) is 0 Å². The van der Waals surface area contributed by atoms with Gasteiger partial charge in [-0.2, -0.15) is 0 Å². The molecule has 2 aromatic rings. The van der Waals surface area contributed by atoms with E-state index < -0.39 is 0 Å². The van der Waals surface area contributed by atoms with Gasteiger partial charge in [-0.15, -0.1) is 0 Å². The minimum atomic E-state index is 0.275. The van der Waals surface area contributed by atoms with Crippen LogP contribution in [0.25, 0.3) is 10.9 Å². The third kappa shape index (κ3) is 3.13. The second-order valence-electron chi connectivity index (χ2n) is 6.10. The number of para-hydroxylation sites is 1. The van der Waals surface area contributed by atoms with E-state index in [1.54, 1.807) is 6.92 Å². The molecule has 1 saturated heterocycles. The van der Waals surface area contributed by atoms with Crippen LogP contribution in [0.2, 0.25) is 0 Å². The van der Waals surface area contributed by atoms with Crippen LogP contribution in [-0.2, 0) is 11.3 Å². The minimum Gasteiger partial charge on any atom is -0.300 e. The Hall–Kier alpha value is -1.74. The summed E-state index contributed by atoms with van der Waals surface area (Å²) in [7, 11) is 0. The second-order valence-corrected chi connectivity index (χ2v) is 6.10. The molecule has 3 rings (SSSR count). The number of ketones is 1. The van der Waals surface area contributed by atoms with Crippen LogP contribution >= 0.6 is 0 Å². The highest BCUT2D eigenvalue weighted by Gasteiger charge is 2.22. The van der Waals surface area contributed by atoms with Crippen LogP contribution in [0.1, 0.15) is 31.0 Å². The number of hydrogen-bond acceptors (Lipinski definition) is 3. The average molecular weight is 282 g/mol. The summed E-state index contributed by atoms with van der Waals surface area (Å²) in [6, 6.07) is 10.5. The zero-order valence-corrected chi connectivity index (χ0v) is 12.8. The van der Waals surface area contributed by atoms with Crippen LogP contribution in [0.5, 0.6) is 0 Å². The summed E-state index contributed by atoms with van der Waals surface area (Å²) < 4.78 is 0. The largest absolute Gasteiger partial charge is 0.300 e. The van der Waals surface area contributed by atoms with Crippen LogP contribution in [-0.4, -0.2) is 28.8 Å². The molecule has 0 atom stereocenters. The van der Waals surface area contributed by atoms with Gasteiger partial charge in [-0.05, 0) is 57.5 Å². The monoisotopic (exact) mass is 282 g/mol. The number of nitrogens with zero attached hydrogens (tertiary/aromatic N) is 2. The smallest absolute Gasteiger partial charge is 0.133 e. The molecule has 0 unspecified atom stereocenters. The van der Waals surface area contributed by atoms with Gasteiger partial charge in [-0.3, -0.25) is 14.7 Å². The van der Waals surface area contributed by atoms with Crippen molar-refractivity contribution in [3.8, 4) is 0 Å². The number of hydrogen-bond donors (Lipinski definition) is 0. The van der Waals surface area contributed by atoms with Crippen molar-refractivity contribution < 1.29 is 4.79 Å². The predicted molar refractivity (Wildman–Crippen MR) is 85.2 cm³/mol. The van der Waals surface area contributed by atoms with Gasteiger partial charge < -0.3 is 0 Å². The van der Waals surface area contributed by atoms with E-state index in [1.165, 1.54) is 10.9 Å². The summed E-state index contributed by atoms with van der Waals surface area (Å²) in [5, 5.41) is 1.25. The summed E-state index contributed by atoms with van der Waals surface area (Å²) in [5.74, 6) is 0.622. The number of fused-ring (bicyclic) bond motifs is 1. The van der Waals surface area contributed by atoms with E-state index in [0.717, 1.165) is 43.7 Å². The van der Waals surface area contributed by atoms with Gasteiger partial charge >= 0.3 is 0 Å². The number of aromatic nitrogens is 1. The fourth-order valence-corrected chi connectivity index (χ4v) is 3.26. The predicted octanol–water partition coefficient (Wildman–Crippen LogP) is 3.34. The Labute approximate surface area is 126 Å². The third-order valence-electron chi connectivity index (χ3n) is 4.49. The molecule has 0 spiro atoms. The normalized spacial score (nSPS) is 17.2. The Morgan fingerprint density at radius 2 is 2.00 bits per heavy atom. The first-order valence-electron chi connectivity index (χ1n) is 7.71. The molecule has 1 aromatic heterocycles. The van der Waals surface area contributed by atoms with E-state index in [1.807, 2.05) is 6.07 Å².